The molecule has 3 N–H and O–H groups in total. The van der Waals surface area contributed by atoms with Crippen LogP contribution >= 0.6 is 0 Å². The zero-order valence-electron chi connectivity index (χ0n) is 11.5. The number of benzene rings is 1. The Hall–Kier alpha value is -1.46. The van der Waals surface area contributed by atoms with Crippen LogP contribution in [0.25, 0.3) is 0 Å². The van der Waals surface area contributed by atoms with Crippen molar-refractivity contribution < 1.29 is 13.9 Å². The fourth-order valence-electron chi connectivity index (χ4n) is 2.39. The van der Waals surface area contributed by atoms with E-state index in [0.29, 0.717) is 19.2 Å². The molecule has 0 aromatic heterocycles. The minimum atomic E-state index is -0.507. The van der Waals surface area contributed by atoms with Crippen LogP contribution in [0.2, 0.25) is 0 Å². The molecule has 1 aromatic rings. The molecule has 1 aliphatic carbocycles. The molecule has 0 aliphatic heterocycles. The minimum Gasteiger partial charge on any atom is -0.376 e. The Morgan fingerprint density at radius 1 is 1.30 bits per heavy atom. The largest absolute Gasteiger partial charge is 0.376 e. The van der Waals surface area contributed by atoms with Gasteiger partial charge in [0.15, 0.2) is 0 Å². The quantitative estimate of drug-likeness (QED) is 0.809. The highest BCUT2D eigenvalue weighted by Gasteiger charge is 2.18. The summed E-state index contributed by atoms with van der Waals surface area (Å²) in [7, 11) is 0. The molecular formula is C15H21FN2O2. The first kappa shape index (κ1) is 14.9. The molecule has 0 saturated heterocycles. The average Bonchev–Trinajstić information content (AvgIpc) is 2.46. The lowest BCUT2D eigenvalue weighted by Gasteiger charge is -2.26. The molecular weight excluding hydrogens is 259 g/mol. The van der Waals surface area contributed by atoms with Crippen molar-refractivity contribution in [3.8, 4) is 0 Å². The van der Waals surface area contributed by atoms with E-state index in [4.69, 9.17) is 10.5 Å². The van der Waals surface area contributed by atoms with Crippen molar-refractivity contribution in [3.05, 3.63) is 35.6 Å². The van der Waals surface area contributed by atoms with Crippen LogP contribution in [0.4, 0.5) is 4.39 Å². The molecule has 1 amide bonds. The Bertz CT molecular complexity index is 445. The number of hydrogen-bond acceptors (Lipinski definition) is 3. The van der Waals surface area contributed by atoms with E-state index in [1.54, 1.807) is 12.1 Å². The highest BCUT2D eigenvalue weighted by molar-refractivity contribution is 5.94. The van der Waals surface area contributed by atoms with E-state index in [-0.39, 0.29) is 11.7 Å². The second-order valence-electron chi connectivity index (χ2n) is 5.14. The number of rotatable bonds is 5. The Kier molecular flexibility index (Phi) is 5.49. The van der Waals surface area contributed by atoms with Gasteiger partial charge in [-0.15, -0.1) is 0 Å². The van der Waals surface area contributed by atoms with Gasteiger partial charge in [0.2, 0.25) is 0 Å². The standard InChI is InChI=1S/C15H21FN2O2/c16-14-4-2-1-3-13(14)15(19)18-9-10-20-12-7-5-11(17)6-8-12/h1-4,11-12H,5-10,17H2,(H,18,19). The van der Waals surface area contributed by atoms with Crippen molar-refractivity contribution in [2.45, 2.75) is 37.8 Å². The number of hydrogen-bond donors (Lipinski definition) is 2. The van der Waals surface area contributed by atoms with Crippen LogP contribution in [-0.4, -0.2) is 31.2 Å². The molecule has 0 atom stereocenters. The van der Waals surface area contributed by atoms with Crippen molar-refractivity contribution >= 4 is 5.91 Å². The maximum atomic E-state index is 13.4. The van der Waals surface area contributed by atoms with Crippen molar-refractivity contribution in [2.75, 3.05) is 13.2 Å². The van der Waals surface area contributed by atoms with Crippen molar-refractivity contribution in [3.63, 3.8) is 0 Å². The summed E-state index contributed by atoms with van der Waals surface area (Å²) < 4.78 is 19.1. The topological polar surface area (TPSA) is 64.3 Å². The summed E-state index contributed by atoms with van der Waals surface area (Å²) in [5.41, 5.74) is 5.89. The third-order valence-corrected chi connectivity index (χ3v) is 3.58. The Morgan fingerprint density at radius 3 is 2.70 bits per heavy atom. The van der Waals surface area contributed by atoms with Gasteiger partial charge in [-0.2, -0.15) is 0 Å². The minimum absolute atomic E-state index is 0.0659. The summed E-state index contributed by atoms with van der Waals surface area (Å²) in [6.07, 6.45) is 4.17. The average molecular weight is 280 g/mol. The van der Waals surface area contributed by atoms with Crippen LogP contribution in [-0.2, 0) is 4.74 Å². The van der Waals surface area contributed by atoms with Gasteiger partial charge in [0.1, 0.15) is 5.82 Å². The number of halogens is 1. The Labute approximate surface area is 118 Å². The highest BCUT2D eigenvalue weighted by atomic mass is 19.1. The van der Waals surface area contributed by atoms with Crippen LogP contribution in [0.15, 0.2) is 24.3 Å². The summed E-state index contributed by atoms with van der Waals surface area (Å²) in [4.78, 5) is 11.7. The second-order valence-corrected chi connectivity index (χ2v) is 5.14. The summed E-state index contributed by atoms with van der Waals surface area (Å²) in [5.74, 6) is -0.912. The van der Waals surface area contributed by atoms with Crippen LogP contribution in [0.1, 0.15) is 36.0 Å². The van der Waals surface area contributed by atoms with Gasteiger partial charge < -0.3 is 15.8 Å². The van der Waals surface area contributed by atoms with E-state index < -0.39 is 11.7 Å². The zero-order chi connectivity index (χ0) is 14.4. The maximum absolute atomic E-state index is 13.4. The lowest BCUT2D eigenvalue weighted by Crippen LogP contribution is -2.33. The first-order valence-corrected chi connectivity index (χ1v) is 7.06. The van der Waals surface area contributed by atoms with Crippen molar-refractivity contribution in [2.24, 2.45) is 5.73 Å². The van der Waals surface area contributed by atoms with Crippen LogP contribution in [0.5, 0.6) is 0 Å². The number of nitrogens with one attached hydrogen (secondary N) is 1. The molecule has 1 aromatic carbocycles. The van der Waals surface area contributed by atoms with Gasteiger partial charge in [0.25, 0.3) is 5.91 Å². The van der Waals surface area contributed by atoms with Crippen molar-refractivity contribution in [1.82, 2.24) is 5.32 Å². The molecule has 1 fully saturated rings. The van der Waals surface area contributed by atoms with Crippen LogP contribution in [0, 0.1) is 5.82 Å². The van der Waals surface area contributed by atoms with E-state index >= 15 is 0 Å². The van der Waals surface area contributed by atoms with E-state index in [0.717, 1.165) is 25.7 Å². The molecule has 0 radical (unpaired) electrons. The lowest BCUT2D eigenvalue weighted by atomic mass is 9.94. The fourth-order valence-corrected chi connectivity index (χ4v) is 2.39. The van der Waals surface area contributed by atoms with Gasteiger partial charge in [-0.1, -0.05) is 12.1 Å². The molecule has 0 heterocycles. The third-order valence-electron chi connectivity index (χ3n) is 3.58. The normalized spacial score (nSPS) is 22.5. The SMILES string of the molecule is NC1CCC(OCCNC(=O)c2ccccc2F)CC1. The van der Waals surface area contributed by atoms with Gasteiger partial charge in [-0.3, -0.25) is 4.79 Å². The summed E-state index contributed by atoms with van der Waals surface area (Å²) in [6, 6.07) is 6.24. The predicted octanol–water partition coefficient (Wildman–Crippen LogP) is 1.84. The molecule has 0 spiro atoms. The molecule has 1 saturated carbocycles. The molecule has 1 aliphatic rings. The Balaban J connectivity index is 1.66. The second kappa shape index (κ2) is 7.36. The molecule has 20 heavy (non-hydrogen) atoms. The summed E-state index contributed by atoms with van der Waals surface area (Å²) in [5, 5.41) is 2.66. The predicted molar refractivity (Wildman–Crippen MR) is 74.9 cm³/mol. The zero-order valence-corrected chi connectivity index (χ0v) is 11.5. The number of carbonyl (C=O) groups is 1. The Morgan fingerprint density at radius 2 is 2.00 bits per heavy atom. The van der Waals surface area contributed by atoms with Crippen LogP contribution < -0.4 is 11.1 Å². The van der Waals surface area contributed by atoms with Gasteiger partial charge in [0, 0.05) is 12.6 Å². The van der Waals surface area contributed by atoms with Gasteiger partial charge in [-0.05, 0) is 37.8 Å². The summed E-state index contributed by atoms with van der Waals surface area (Å²) >= 11 is 0. The highest BCUT2D eigenvalue weighted by Crippen LogP contribution is 2.19. The first-order valence-electron chi connectivity index (χ1n) is 7.06. The first-order chi connectivity index (χ1) is 9.66. The maximum Gasteiger partial charge on any atom is 0.254 e. The number of ether oxygens (including phenoxy) is 1. The molecule has 0 bridgehead atoms. The number of nitrogens with two attached hydrogens (primary N) is 1. The van der Waals surface area contributed by atoms with E-state index in [2.05, 4.69) is 5.32 Å². The third kappa shape index (κ3) is 4.28. The van der Waals surface area contributed by atoms with Crippen LogP contribution in [0.3, 0.4) is 0 Å². The van der Waals surface area contributed by atoms with Crippen molar-refractivity contribution in [1.29, 1.82) is 0 Å². The molecule has 110 valence electrons. The van der Waals surface area contributed by atoms with E-state index in [1.807, 2.05) is 0 Å². The van der Waals surface area contributed by atoms with E-state index in [9.17, 15) is 9.18 Å². The van der Waals surface area contributed by atoms with Gasteiger partial charge in [0.05, 0.1) is 18.3 Å². The number of amides is 1. The lowest BCUT2D eigenvalue weighted by molar-refractivity contribution is 0.0267. The molecule has 5 heteroatoms. The van der Waals surface area contributed by atoms with E-state index in [1.165, 1.54) is 12.1 Å². The monoisotopic (exact) mass is 280 g/mol. The number of carbonyl (C=O) groups excluding carboxylic acids is 1. The molecule has 2 rings (SSSR count). The molecule has 4 nitrogen and oxygen atoms in total. The molecule has 0 unspecified atom stereocenters. The summed E-state index contributed by atoms with van der Waals surface area (Å²) in [6.45, 7) is 0.829. The smallest absolute Gasteiger partial charge is 0.254 e. The van der Waals surface area contributed by atoms with Gasteiger partial charge >= 0.3 is 0 Å². The fraction of sp³-hybridized carbons (Fsp3) is 0.533. The van der Waals surface area contributed by atoms with Gasteiger partial charge in [-0.25, -0.2) is 4.39 Å².